The van der Waals surface area contributed by atoms with Crippen LogP contribution in [0.5, 0.6) is 0 Å². The van der Waals surface area contributed by atoms with E-state index in [0.29, 0.717) is 6.04 Å². The van der Waals surface area contributed by atoms with Crippen LogP contribution >= 0.6 is 0 Å². The summed E-state index contributed by atoms with van der Waals surface area (Å²) in [5, 5.41) is 3.12. The van der Waals surface area contributed by atoms with E-state index in [9.17, 15) is 4.79 Å². The fraction of sp³-hybridized carbons (Fsp3) is 0.929. The molecule has 3 unspecified atom stereocenters. The van der Waals surface area contributed by atoms with Crippen molar-refractivity contribution in [3.05, 3.63) is 0 Å². The molecule has 5 heteroatoms. The molecule has 2 rings (SSSR count). The van der Waals surface area contributed by atoms with E-state index in [4.69, 9.17) is 5.73 Å². The van der Waals surface area contributed by atoms with Crippen LogP contribution in [-0.2, 0) is 4.79 Å². The lowest BCUT2D eigenvalue weighted by Crippen LogP contribution is -2.55. The Hall–Kier alpha value is -0.650. The van der Waals surface area contributed by atoms with E-state index in [2.05, 4.69) is 29.2 Å². The highest BCUT2D eigenvalue weighted by Gasteiger charge is 2.29. The Morgan fingerprint density at radius 2 is 2.00 bits per heavy atom. The number of hydrogen-bond acceptors (Lipinski definition) is 4. The topological polar surface area (TPSA) is 61.6 Å². The van der Waals surface area contributed by atoms with Gasteiger partial charge in [0.2, 0.25) is 5.91 Å². The second kappa shape index (κ2) is 6.68. The third-order valence-corrected chi connectivity index (χ3v) is 4.65. The molecular weight excluding hydrogens is 240 g/mol. The molecule has 5 nitrogen and oxygen atoms in total. The molecule has 0 radical (unpaired) electrons. The van der Waals surface area contributed by atoms with Gasteiger partial charge in [0.15, 0.2) is 0 Å². The van der Waals surface area contributed by atoms with Crippen molar-refractivity contribution in [2.75, 3.05) is 40.3 Å². The highest BCUT2D eigenvalue weighted by atomic mass is 16.1. The van der Waals surface area contributed by atoms with Gasteiger partial charge in [-0.1, -0.05) is 12.8 Å². The molecule has 3 atom stereocenters. The van der Waals surface area contributed by atoms with Crippen LogP contribution in [0.25, 0.3) is 0 Å². The van der Waals surface area contributed by atoms with Gasteiger partial charge < -0.3 is 16.0 Å². The van der Waals surface area contributed by atoms with Gasteiger partial charge in [0.25, 0.3) is 0 Å². The molecule has 1 aliphatic heterocycles. The van der Waals surface area contributed by atoms with Crippen molar-refractivity contribution in [3.63, 3.8) is 0 Å². The second-order valence-corrected chi connectivity index (χ2v) is 6.20. The lowest BCUT2D eigenvalue weighted by molar-refractivity contribution is -0.126. The van der Waals surface area contributed by atoms with Crippen molar-refractivity contribution in [2.24, 2.45) is 11.7 Å². The highest BCUT2D eigenvalue weighted by Crippen LogP contribution is 2.23. The van der Waals surface area contributed by atoms with Gasteiger partial charge in [0, 0.05) is 38.3 Å². The minimum absolute atomic E-state index is 0.0281. The minimum atomic E-state index is 0.0281. The van der Waals surface area contributed by atoms with Gasteiger partial charge in [-0.15, -0.1) is 0 Å². The first-order chi connectivity index (χ1) is 9.08. The summed E-state index contributed by atoms with van der Waals surface area (Å²) >= 11 is 0. The average molecular weight is 268 g/mol. The van der Waals surface area contributed by atoms with E-state index in [1.165, 1.54) is 6.42 Å². The first-order valence-electron chi connectivity index (χ1n) is 7.50. The molecule has 2 aliphatic rings. The number of carbonyl (C=O) groups excluding carboxylic acids is 1. The van der Waals surface area contributed by atoms with Crippen LogP contribution in [0.15, 0.2) is 0 Å². The van der Waals surface area contributed by atoms with Gasteiger partial charge in [-0.25, -0.2) is 0 Å². The van der Waals surface area contributed by atoms with E-state index in [1.807, 2.05) is 0 Å². The molecule has 0 bridgehead atoms. The maximum Gasteiger partial charge on any atom is 0.224 e. The smallest absolute Gasteiger partial charge is 0.224 e. The predicted octanol–water partition coefficient (Wildman–Crippen LogP) is -0.134. The van der Waals surface area contributed by atoms with E-state index in [1.54, 1.807) is 0 Å². The predicted molar refractivity (Wildman–Crippen MR) is 76.9 cm³/mol. The van der Waals surface area contributed by atoms with Crippen molar-refractivity contribution in [1.82, 2.24) is 15.1 Å². The summed E-state index contributed by atoms with van der Waals surface area (Å²) < 4.78 is 0. The lowest BCUT2D eigenvalue weighted by Gasteiger charge is -2.38. The third-order valence-electron chi connectivity index (χ3n) is 4.65. The molecule has 19 heavy (non-hydrogen) atoms. The Labute approximate surface area is 116 Å². The van der Waals surface area contributed by atoms with E-state index in [0.717, 1.165) is 45.4 Å². The van der Waals surface area contributed by atoms with Gasteiger partial charge in [0.1, 0.15) is 0 Å². The number of piperazine rings is 1. The van der Waals surface area contributed by atoms with Gasteiger partial charge >= 0.3 is 0 Å². The van der Waals surface area contributed by atoms with Crippen molar-refractivity contribution >= 4 is 5.91 Å². The van der Waals surface area contributed by atoms with E-state index >= 15 is 0 Å². The summed E-state index contributed by atoms with van der Waals surface area (Å²) in [6, 6.07) is 0.475. The molecule has 0 spiro atoms. The van der Waals surface area contributed by atoms with E-state index in [-0.39, 0.29) is 17.9 Å². The van der Waals surface area contributed by atoms with Crippen molar-refractivity contribution in [2.45, 2.75) is 37.8 Å². The molecule has 2 fully saturated rings. The summed E-state index contributed by atoms with van der Waals surface area (Å²) in [6.07, 6.45) is 4.25. The summed E-state index contributed by atoms with van der Waals surface area (Å²) in [5.41, 5.74) is 6.06. The maximum atomic E-state index is 12.2. The number of likely N-dealkylation sites (N-methyl/N-ethyl adjacent to an activating group) is 2. The SMILES string of the molecule is CN1CCN(C)C(CNC(=O)C2CCCCC2N)C1. The molecule has 1 saturated carbocycles. The van der Waals surface area contributed by atoms with E-state index < -0.39 is 0 Å². The van der Waals surface area contributed by atoms with Crippen LogP contribution in [0.1, 0.15) is 25.7 Å². The standard InChI is InChI=1S/C14H28N4O/c1-17-7-8-18(2)11(10-17)9-16-14(19)12-5-3-4-6-13(12)15/h11-13H,3-10,15H2,1-2H3,(H,16,19). The van der Waals surface area contributed by atoms with Gasteiger partial charge in [-0.3, -0.25) is 9.69 Å². The second-order valence-electron chi connectivity index (χ2n) is 6.20. The summed E-state index contributed by atoms with van der Waals surface area (Å²) in [7, 11) is 4.27. The van der Waals surface area contributed by atoms with Crippen molar-refractivity contribution in [3.8, 4) is 0 Å². The average Bonchev–Trinajstić information content (AvgIpc) is 2.40. The first-order valence-corrected chi connectivity index (χ1v) is 7.50. The lowest BCUT2D eigenvalue weighted by atomic mass is 9.84. The molecule has 1 amide bonds. The number of rotatable bonds is 3. The zero-order chi connectivity index (χ0) is 13.8. The molecular formula is C14H28N4O. The summed E-state index contributed by atoms with van der Waals surface area (Å²) in [5.74, 6) is 0.189. The normalized spacial score (nSPS) is 34.2. The quantitative estimate of drug-likeness (QED) is 0.748. The fourth-order valence-corrected chi connectivity index (χ4v) is 3.16. The molecule has 0 aromatic carbocycles. The molecule has 1 saturated heterocycles. The van der Waals surface area contributed by atoms with Gasteiger partial charge in [-0.05, 0) is 26.9 Å². The Morgan fingerprint density at radius 1 is 1.26 bits per heavy atom. The van der Waals surface area contributed by atoms with Crippen molar-refractivity contribution < 1.29 is 4.79 Å². The van der Waals surface area contributed by atoms with Crippen LogP contribution in [-0.4, -0.2) is 68.1 Å². The number of amides is 1. The third kappa shape index (κ3) is 3.91. The Balaban J connectivity index is 1.79. The van der Waals surface area contributed by atoms with Crippen LogP contribution in [0.4, 0.5) is 0 Å². The number of carbonyl (C=O) groups is 1. The monoisotopic (exact) mass is 268 g/mol. The molecule has 110 valence electrons. The molecule has 0 aromatic rings. The van der Waals surface area contributed by atoms with Crippen molar-refractivity contribution in [1.29, 1.82) is 0 Å². The fourth-order valence-electron chi connectivity index (χ4n) is 3.16. The molecule has 1 heterocycles. The Bertz CT molecular complexity index is 310. The number of nitrogens with two attached hydrogens (primary N) is 1. The van der Waals surface area contributed by atoms with Crippen LogP contribution in [0, 0.1) is 5.92 Å². The Morgan fingerprint density at radius 3 is 2.74 bits per heavy atom. The highest BCUT2D eigenvalue weighted by molar-refractivity contribution is 5.79. The number of nitrogens with one attached hydrogen (secondary N) is 1. The Kier molecular flexibility index (Phi) is 5.19. The van der Waals surface area contributed by atoms with Crippen LogP contribution in [0.2, 0.25) is 0 Å². The minimum Gasteiger partial charge on any atom is -0.354 e. The molecule has 0 aromatic heterocycles. The first kappa shape index (κ1) is 14.8. The largest absolute Gasteiger partial charge is 0.354 e. The molecule has 1 aliphatic carbocycles. The zero-order valence-corrected chi connectivity index (χ0v) is 12.3. The zero-order valence-electron chi connectivity index (χ0n) is 12.3. The van der Waals surface area contributed by atoms with Gasteiger partial charge in [-0.2, -0.15) is 0 Å². The van der Waals surface area contributed by atoms with Crippen LogP contribution in [0.3, 0.4) is 0 Å². The summed E-state index contributed by atoms with van der Waals surface area (Å²) in [6.45, 7) is 3.94. The maximum absolute atomic E-state index is 12.2. The summed E-state index contributed by atoms with van der Waals surface area (Å²) in [4.78, 5) is 16.9. The van der Waals surface area contributed by atoms with Gasteiger partial charge in [0.05, 0.1) is 5.92 Å². The molecule has 3 N–H and O–H groups in total. The number of hydrogen-bond donors (Lipinski definition) is 2. The van der Waals surface area contributed by atoms with Crippen LogP contribution < -0.4 is 11.1 Å². The number of nitrogens with zero attached hydrogens (tertiary/aromatic N) is 2.